The zero-order valence-electron chi connectivity index (χ0n) is 14.5. The highest BCUT2D eigenvalue weighted by Crippen LogP contribution is 2.37. The molecule has 0 aliphatic carbocycles. The molecule has 0 saturated carbocycles. The van der Waals surface area contributed by atoms with Crippen LogP contribution < -0.4 is 0 Å². The molecule has 1 aromatic heterocycles. The normalized spacial score (nSPS) is 17.0. The SMILES string of the molecule is CC1c2c(c3cc(Cl)ccc3n2C#Cc2ccc(Cl)c(Cl)c2)CCN1C. The van der Waals surface area contributed by atoms with Crippen LogP contribution in [0, 0.1) is 12.0 Å². The van der Waals surface area contributed by atoms with Crippen LogP contribution in [-0.2, 0) is 6.42 Å². The molecule has 0 N–H and O–H groups in total. The third-order valence-electron chi connectivity index (χ3n) is 5.08. The van der Waals surface area contributed by atoms with Gasteiger partial charge in [0.15, 0.2) is 0 Å². The van der Waals surface area contributed by atoms with E-state index in [1.54, 1.807) is 12.1 Å². The van der Waals surface area contributed by atoms with E-state index in [-0.39, 0.29) is 6.04 Å². The van der Waals surface area contributed by atoms with Gasteiger partial charge in [0.25, 0.3) is 0 Å². The van der Waals surface area contributed by atoms with Gasteiger partial charge in [-0.05, 0) is 68.3 Å². The van der Waals surface area contributed by atoms with E-state index in [2.05, 4.69) is 35.4 Å². The molecule has 3 aromatic rings. The van der Waals surface area contributed by atoms with E-state index in [0.29, 0.717) is 10.0 Å². The van der Waals surface area contributed by atoms with E-state index < -0.39 is 0 Å². The van der Waals surface area contributed by atoms with E-state index in [1.165, 1.54) is 16.6 Å². The molecule has 0 bridgehead atoms. The molecule has 0 saturated heterocycles. The van der Waals surface area contributed by atoms with Crippen LogP contribution in [0.4, 0.5) is 0 Å². The average Bonchev–Trinajstić information content (AvgIpc) is 2.92. The summed E-state index contributed by atoms with van der Waals surface area (Å²) in [5.41, 5.74) is 4.51. The highest BCUT2D eigenvalue weighted by atomic mass is 35.5. The lowest BCUT2D eigenvalue weighted by molar-refractivity contribution is 0.242. The first-order valence-corrected chi connectivity index (χ1v) is 9.59. The number of halogens is 3. The Morgan fingerprint density at radius 1 is 1.04 bits per heavy atom. The maximum absolute atomic E-state index is 6.26. The molecule has 1 aliphatic heterocycles. The van der Waals surface area contributed by atoms with Crippen LogP contribution in [-0.4, -0.2) is 23.1 Å². The van der Waals surface area contributed by atoms with Gasteiger partial charge >= 0.3 is 0 Å². The van der Waals surface area contributed by atoms with E-state index >= 15 is 0 Å². The molecule has 2 heterocycles. The Morgan fingerprint density at radius 2 is 1.85 bits per heavy atom. The van der Waals surface area contributed by atoms with Crippen molar-refractivity contribution < 1.29 is 0 Å². The van der Waals surface area contributed by atoms with E-state index in [0.717, 1.165) is 29.1 Å². The summed E-state index contributed by atoms with van der Waals surface area (Å²) in [4.78, 5) is 2.35. The zero-order chi connectivity index (χ0) is 18.4. The maximum Gasteiger partial charge on any atom is 0.0619 e. The van der Waals surface area contributed by atoms with Crippen molar-refractivity contribution in [3.8, 4) is 12.0 Å². The first-order chi connectivity index (χ1) is 12.5. The molecule has 1 unspecified atom stereocenters. The Hall–Kier alpha value is -1.63. The van der Waals surface area contributed by atoms with Crippen molar-refractivity contribution >= 4 is 45.7 Å². The summed E-state index contributed by atoms with van der Waals surface area (Å²) in [7, 11) is 2.15. The van der Waals surface area contributed by atoms with Crippen molar-refractivity contribution in [3.05, 3.63) is 68.3 Å². The van der Waals surface area contributed by atoms with Crippen LogP contribution >= 0.6 is 34.8 Å². The van der Waals surface area contributed by atoms with E-state index in [1.807, 2.05) is 24.3 Å². The minimum atomic E-state index is 0.285. The van der Waals surface area contributed by atoms with Gasteiger partial charge in [-0.15, -0.1) is 0 Å². The second-order valence-electron chi connectivity index (χ2n) is 6.63. The number of likely N-dealkylation sites (N-methyl/N-ethyl adjacent to an activating group) is 1. The number of aromatic nitrogens is 1. The van der Waals surface area contributed by atoms with Gasteiger partial charge in [-0.3, -0.25) is 9.47 Å². The van der Waals surface area contributed by atoms with Gasteiger partial charge in [0, 0.05) is 34.6 Å². The maximum atomic E-state index is 6.26. The molecule has 26 heavy (non-hydrogen) atoms. The lowest BCUT2D eigenvalue weighted by Gasteiger charge is -2.30. The molecule has 0 amide bonds. The van der Waals surface area contributed by atoms with Gasteiger partial charge in [0.05, 0.1) is 21.3 Å². The largest absolute Gasteiger partial charge is 0.298 e. The Bertz CT molecular complexity index is 1070. The molecule has 1 atom stereocenters. The number of nitrogens with zero attached hydrogens (tertiary/aromatic N) is 2. The molecule has 132 valence electrons. The first kappa shape index (κ1) is 17.8. The number of fused-ring (bicyclic) bond motifs is 3. The molecule has 4 rings (SSSR count). The van der Waals surface area contributed by atoms with Gasteiger partial charge in [-0.25, -0.2) is 0 Å². The third kappa shape index (κ3) is 3.00. The standard InChI is InChI=1S/C21H17Cl3N2/c1-13-21-16(8-9-25(13)2)17-12-15(22)4-6-20(17)26(21)10-7-14-3-5-18(23)19(24)11-14/h3-6,11-13H,8-9H2,1-2H3. The van der Waals surface area contributed by atoms with Crippen LogP contribution in [0.3, 0.4) is 0 Å². The molecular weight excluding hydrogens is 387 g/mol. The molecule has 5 heteroatoms. The summed E-state index contributed by atoms with van der Waals surface area (Å²) in [6, 6.07) is 15.1. The molecular formula is C21H17Cl3N2. The van der Waals surface area contributed by atoms with Crippen LogP contribution in [0.1, 0.15) is 29.8 Å². The first-order valence-electron chi connectivity index (χ1n) is 8.46. The molecule has 1 aliphatic rings. The number of rotatable bonds is 0. The van der Waals surface area contributed by atoms with E-state index in [4.69, 9.17) is 34.8 Å². The smallest absolute Gasteiger partial charge is 0.0619 e. The number of hydrogen-bond donors (Lipinski definition) is 0. The highest BCUT2D eigenvalue weighted by molar-refractivity contribution is 6.42. The fraction of sp³-hybridized carbons (Fsp3) is 0.238. The van der Waals surface area contributed by atoms with Crippen molar-refractivity contribution in [3.63, 3.8) is 0 Å². The minimum absolute atomic E-state index is 0.285. The van der Waals surface area contributed by atoms with Crippen LogP contribution in [0.2, 0.25) is 15.1 Å². The fourth-order valence-electron chi connectivity index (χ4n) is 3.55. The minimum Gasteiger partial charge on any atom is -0.298 e. The average molecular weight is 404 g/mol. The predicted molar refractivity (Wildman–Crippen MR) is 110 cm³/mol. The monoisotopic (exact) mass is 402 g/mol. The Morgan fingerprint density at radius 3 is 2.62 bits per heavy atom. The number of hydrogen-bond acceptors (Lipinski definition) is 1. The van der Waals surface area contributed by atoms with Gasteiger partial charge < -0.3 is 0 Å². The van der Waals surface area contributed by atoms with Crippen LogP contribution in [0.25, 0.3) is 10.9 Å². The van der Waals surface area contributed by atoms with Gasteiger partial charge in [-0.1, -0.05) is 34.8 Å². The Kier molecular flexibility index (Phi) is 4.67. The topological polar surface area (TPSA) is 8.17 Å². The van der Waals surface area contributed by atoms with Crippen molar-refractivity contribution in [1.82, 2.24) is 9.47 Å². The Labute approximate surface area is 168 Å². The third-order valence-corrected chi connectivity index (χ3v) is 6.05. The molecule has 2 nitrogen and oxygen atoms in total. The summed E-state index contributed by atoms with van der Waals surface area (Å²) < 4.78 is 2.10. The van der Waals surface area contributed by atoms with E-state index in [9.17, 15) is 0 Å². The quantitative estimate of drug-likeness (QED) is 0.417. The van der Waals surface area contributed by atoms with Crippen LogP contribution in [0.15, 0.2) is 36.4 Å². The second-order valence-corrected chi connectivity index (χ2v) is 7.88. The highest BCUT2D eigenvalue weighted by Gasteiger charge is 2.27. The lowest BCUT2D eigenvalue weighted by Crippen LogP contribution is -2.31. The van der Waals surface area contributed by atoms with Gasteiger partial charge in [0.2, 0.25) is 0 Å². The predicted octanol–water partition coefficient (Wildman–Crippen LogP) is 6.01. The molecule has 0 radical (unpaired) electrons. The van der Waals surface area contributed by atoms with Crippen molar-refractivity contribution in [2.75, 3.05) is 13.6 Å². The molecule has 0 fully saturated rings. The lowest BCUT2D eigenvalue weighted by atomic mass is 9.99. The molecule has 2 aromatic carbocycles. The summed E-state index contributed by atoms with van der Waals surface area (Å²) in [5, 5.41) is 2.99. The number of benzene rings is 2. The summed E-state index contributed by atoms with van der Waals surface area (Å²) in [5.74, 6) is 3.23. The zero-order valence-corrected chi connectivity index (χ0v) is 16.8. The summed E-state index contributed by atoms with van der Waals surface area (Å²) in [6.45, 7) is 3.25. The van der Waals surface area contributed by atoms with Crippen LogP contribution in [0.5, 0.6) is 0 Å². The fourth-order valence-corrected chi connectivity index (χ4v) is 4.02. The van der Waals surface area contributed by atoms with Crippen molar-refractivity contribution in [1.29, 1.82) is 0 Å². The van der Waals surface area contributed by atoms with Crippen molar-refractivity contribution in [2.45, 2.75) is 19.4 Å². The van der Waals surface area contributed by atoms with Gasteiger partial charge in [0.1, 0.15) is 0 Å². The Balaban J connectivity index is 1.92. The summed E-state index contributed by atoms with van der Waals surface area (Å²) in [6.07, 6.45) is 0.995. The molecule has 0 spiro atoms. The van der Waals surface area contributed by atoms with Crippen molar-refractivity contribution in [2.24, 2.45) is 0 Å². The second kappa shape index (κ2) is 6.83. The van der Waals surface area contributed by atoms with Gasteiger partial charge in [-0.2, -0.15) is 0 Å². The summed E-state index contributed by atoms with van der Waals surface area (Å²) >= 11 is 18.4.